The summed E-state index contributed by atoms with van der Waals surface area (Å²) in [6, 6.07) is 5.55. The van der Waals surface area contributed by atoms with Gasteiger partial charge in [0.15, 0.2) is 0 Å². The zero-order chi connectivity index (χ0) is 14.0. The summed E-state index contributed by atoms with van der Waals surface area (Å²) in [6.45, 7) is 4.28. The van der Waals surface area contributed by atoms with E-state index in [4.69, 9.17) is 0 Å². The third-order valence-corrected chi connectivity index (χ3v) is 4.15. The predicted molar refractivity (Wildman–Crippen MR) is 79.8 cm³/mol. The van der Waals surface area contributed by atoms with Crippen LogP contribution in [-0.2, 0) is 0 Å². The smallest absolute Gasteiger partial charge is 0.337 e. The molecular weight excluding hydrogens is 308 g/mol. The molecule has 104 valence electrons. The largest absolute Gasteiger partial charge is 0.478 e. The zero-order valence-corrected chi connectivity index (χ0v) is 12.8. The monoisotopic (exact) mass is 326 g/mol. The summed E-state index contributed by atoms with van der Waals surface area (Å²) in [4.78, 5) is 13.6. The molecule has 1 aliphatic heterocycles. The molecule has 0 aromatic heterocycles. The molecule has 1 aromatic rings. The molecule has 5 heteroatoms. The van der Waals surface area contributed by atoms with E-state index in [0.29, 0.717) is 23.2 Å². The summed E-state index contributed by atoms with van der Waals surface area (Å²) >= 11 is 3.39. The number of halogens is 1. The molecule has 1 saturated heterocycles. The van der Waals surface area contributed by atoms with Crippen LogP contribution in [0.15, 0.2) is 22.7 Å². The highest BCUT2D eigenvalue weighted by molar-refractivity contribution is 9.10. The molecule has 0 bridgehead atoms. The number of nitrogens with one attached hydrogen (secondary N) is 1. The number of rotatable bonds is 3. The van der Waals surface area contributed by atoms with Crippen molar-refractivity contribution in [1.29, 1.82) is 0 Å². The van der Waals surface area contributed by atoms with Crippen molar-refractivity contribution in [2.75, 3.05) is 25.5 Å². The second-order valence-electron chi connectivity index (χ2n) is 5.27. The van der Waals surface area contributed by atoms with E-state index in [1.54, 1.807) is 12.1 Å². The van der Waals surface area contributed by atoms with Crippen molar-refractivity contribution < 1.29 is 9.90 Å². The summed E-state index contributed by atoms with van der Waals surface area (Å²) in [5.74, 6) is -0.394. The van der Waals surface area contributed by atoms with Crippen molar-refractivity contribution in [3.8, 4) is 0 Å². The highest BCUT2D eigenvalue weighted by atomic mass is 79.9. The molecule has 0 radical (unpaired) electrons. The van der Waals surface area contributed by atoms with E-state index >= 15 is 0 Å². The van der Waals surface area contributed by atoms with Gasteiger partial charge >= 0.3 is 5.97 Å². The minimum absolute atomic E-state index is 0.323. The van der Waals surface area contributed by atoms with Gasteiger partial charge in [0.1, 0.15) is 0 Å². The molecule has 2 rings (SSSR count). The average Bonchev–Trinajstić information content (AvgIpc) is 2.32. The Hall–Kier alpha value is -1.07. The van der Waals surface area contributed by atoms with Crippen LogP contribution in [0.3, 0.4) is 0 Å². The van der Waals surface area contributed by atoms with E-state index in [1.165, 1.54) is 0 Å². The molecule has 1 aliphatic rings. The number of carboxylic acid groups (broad SMARTS) is 1. The molecule has 1 fully saturated rings. The summed E-state index contributed by atoms with van der Waals surface area (Å²) in [5.41, 5.74) is 1.03. The first kappa shape index (κ1) is 14.3. The molecule has 0 amide bonds. The molecule has 0 aliphatic carbocycles. The quantitative estimate of drug-likeness (QED) is 0.896. The molecule has 2 atom stereocenters. The van der Waals surface area contributed by atoms with Crippen LogP contribution < -0.4 is 5.32 Å². The lowest BCUT2D eigenvalue weighted by atomic mass is 9.93. The van der Waals surface area contributed by atoms with Crippen LogP contribution in [0, 0.1) is 5.92 Å². The van der Waals surface area contributed by atoms with Gasteiger partial charge in [0.05, 0.1) is 11.3 Å². The molecule has 2 unspecified atom stereocenters. The number of hydrogen-bond donors (Lipinski definition) is 2. The lowest BCUT2D eigenvalue weighted by molar-refractivity contribution is 0.0697. The Bertz CT molecular complexity index is 479. The fourth-order valence-corrected chi connectivity index (χ4v) is 2.95. The number of carboxylic acids is 1. The average molecular weight is 327 g/mol. The van der Waals surface area contributed by atoms with Crippen LogP contribution in [0.4, 0.5) is 5.69 Å². The Morgan fingerprint density at radius 1 is 1.53 bits per heavy atom. The van der Waals surface area contributed by atoms with Crippen LogP contribution >= 0.6 is 15.9 Å². The van der Waals surface area contributed by atoms with Crippen molar-refractivity contribution >= 4 is 27.6 Å². The van der Waals surface area contributed by atoms with Crippen molar-refractivity contribution in [1.82, 2.24) is 4.90 Å². The SMILES string of the molecule is CC1CN(C)CCC1Nc1cc(Br)ccc1C(=O)O. The van der Waals surface area contributed by atoms with E-state index in [0.717, 1.165) is 24.0 Å². The Kier molecular flexibility index (Phi) is 4.47. The maximum absolute atomic E-state index is 11.2. The lowest BCUT2D eigenvalue weighted by Crippen LogP contribution is -2.43. The number of benzene rings is 1. The van der Waals surface area contributed by atoms with Gasteiger partial charge in [-0.15, -0.1) is 0 Å². The van der Waals surface area contributed by atoms with Gasteiger partial charge in [0.2, 0.25) is 0 Å². The van der Waals surface area contributed by atoms with Gasteiger partial charge in [-0.1, -0.05) is 22.9 Å². The van der Waals surface area contributed by atoms with Gasteiger partial charge in [-0.25, -0.2) is 4.79 Å². The van der Waals surface area contributed by atoms with Gasteiger partial charge in [0, 0.05) is 17.1 Å². The minimum atomic E-state index is -0.893. The summed E-state index contributed by atoms with van der Waals surface area (Å²) in [6.07, 6.45) is 1.03. The number of anilines is 1. The van der Waals surface area contributed by atoms with Crippen LogP contribution in [0.1, 0.15) is 23.7 Å². The first-order valence-corrected chi connectivity index (χ1v) is 7.24. The Morgan fingerprint density at radius 2 is 2.26 bits per heavy atom. The molecule has 19 heavy (non-hydrogen) atoms. The Morgan fingerprint density at radius 3 is 2.89 bits per heavy atom. The minimum Gasteiger partial charge on any atom is -0.478 e. The maximum atomic E-state index is 11.2. The fourth-order valence-electron chi connectivity index (χ4n) is 2.59. The van der Waals surface area contributed by atoms with Gasteiger partial charge in [-0.3, -0.25) is 0 Å². The van der Waals surface area contributed by atoms with Crippen LogP contribution in [0.2, 0.25) is 0 Å². The Balaban J connectivity index is 2.18. The molecular formula is C14H19BrN2O2. The first-order valence-electron chi connectivity index (χ1n) is 6.45. The van der Waals surface area contributed by atoms with E-state index < -0.39 is 5.97 Å². The number of carbonyl (C=O) groups is 1. The molecule has 0 spiro atoms. The predicted octanol–water partition coefficient (Wildman–Crippen LogP) is 2.90. The molecule has 4 nitrogen and oxygen atoms in total. The van der Waals surface area contributed by atoms with Gasteiger partial charge in [-0.05, 0) is 44.1 Å². The first-order chi connectivity index (χ1) is 8.97. The number of hydrogen-bond acceptors (Lipinski definition) is 3. The molecule has 2 N–H and O–H groups in total. The van der Waals surface area contributed by atoms with Crippen LogP contribution in [-0.4, -0.2) is 42.2 Å². The van der Waals surface area contributed by atoms with Gasteiger partial charge in [0.25, 0.3) is 0 Å². The third-order valence-electron chi connectivity index (χ3n) is 3.66. The number of piperidine rings is 1. The molecule has 1 aromatic carbocycles. The summed E-state index contributed by atoms with van der Waals surface area (Å²) in [7, 11) is 2.12. The highest BCUT2D eigenvalue weighted by Gasteiger charge is 2.25. The van der Waals surface area contributed by atoms with Crippen LogP contribution in [0.5, 0.6) is 0 Å². The van der Waals surface area contributed by atoms with Crippen molar-refractivity contribution in [3.05, 3.63) is 28.2 Å². The summed E-state index contributed by atoms with van der Waals surface area (Å²) in [5, 5.41) is 12.6. The van der Waals surface area contributed by atoms with Gasteiger partial charge in [-0.2, -0.15) is 0 Å². The van der Waals surface area contributed by atoms with E-state index in [-0.39, 0.29) is 0 Å². The lowest BCUT2D eigenvalue weighted by Gasteiger charge is -2.36. The number of likely N-dealkylation sites (tertiary alicyclic amines) is 1. The van der Waals surface area contributed by atoms with Crippen molar-refractivity contribution in [3.63, 3.8) is 0 Å². The maximum Gasteiger partial charge on any atom is 0.337 e. The van der Waals surface area contributed by atoms with Gasteiger partial charge < -0.3 is 15.3 Å². The van der Waals surface area contributed by atoms with E-state index in [1.807, 2.05) is 6.07 Å². The van der Waals surface area contributed by atoms with Crippen molar-refractivity contribution in [2.45, 2.75) is 19.4 Å². The fraction of sp³-hybridized carbons (Fsp3) is 0.500. The van der Waals surface area contributed by atoms with E-state index in [2.05, 4.69) is 40.1 Å². The van der Waals surface area contributed by atoms with Crippen molar-refractivity contribution in [2.24, 2.45) is 5.92 Å². The zero-order valence-electron chi connectivity index (χ0n) is 11.2. The second-order valence-corrected chi connectivity index (χ2v) is 6.19. The third kappa shape index (κ3) is 3.48. The topological polar surface area (TPSA) is 52.6 Å². The van der Waals surface area contributed by atoms with E-state index in [9.17, 15) is 9.90 Å². The second kappa shape index (κ2) is 5.92. The summed E-state index contributed by atoms with van der Waals surface area (Å²) < 4.78 is 0.889. The Labute approximate surface area is 121 Å². The van der Waals surface area contributed by atoms with Crippen LogP contribution in [0.25, 0.3) is 0 Å². The number of aromatic carboxylic acids is 1. The molecule has 1 heterocycles. The highest BCUT2D eigenvalue weighted by Crippen LogP contribution is 2.26. The normalized spacial score (nSPS) is 24.2. The standard InChI is InChI=1S/C14H19BrN2O2/c1-9-8-17(2)6-5-12(9)16-13-7-10(15)3-4-11(13)14(18)19/h3-4,7,9,12,16H,5-6,8H2,1-2H3,(H,18,19). The number of nitrogens with zero attached hydrogens (tertiary/aromatic N) is 1. The molecule has 0 saturated carbocycles.